The molecule has 1 saturated heterocycles. The number of carbonyl (C=O) groups excluding carboxylic acids is 1. The largest absolute Gasteiger partial charge is 0.469 e. The van der Waals surface area contributed by atoms with E-state index in [0.29, 0.717) is 13.0 Å². The summed E-state index contributed by atoms with van der Waals surface area (Å²) in [6, 6.07) is 0. The van der Waals surface area contributed by atoms with Crippen LogP contribution in [0.25, 0.3) is 0 Å². The highest BCUT2D eigenvalue weighted by molar-refractivity contribution is 5.69. The predicted molar refractivity (Wildman–Crippen MR) is 55.6 cm³/mol. The molecule has 1 aliphatic heterocycles. The van der Waals surface area contributed by atoms with Crippen molar-refractivity contribution in [1.29, 1.82) is 0 Å². The van der Waals surface area contributed by atoms with Crippen LogP contribution < -0.4 is 0 Å². The van der Waals surface area contributed by atoms with Crippen LogP contribution in [0, 0.1) is 0 Å². The standard InChI is InChI=1S/C11H20O4/c1-8-6-10(7-9(2)15-8)14-5-4-11(12)13-3/h8-10H,4-7H2,1-3H3. The molecule has 0 aromatic rings. The van der Waals surface area contributed by atoms with E-state index in [-0.39, 0.29) is 24.3 Å². The maximum atomic E-state index is 10.9. The summed E-state index contributed by atoms with van der Waals surface area (Å²) in [6.45, 7) is 4.54. The highest BCUT2D eigenvalue weighted by Gasteiger charge is 2.24. The Morgan fingerprint density at radius 3 is 2.47 bits per heavy atom. The molecule has 4 heteroatoms. The van der Waals surface area contributed by atoms with Crippen LogP contribution in [0.1, 0.15) is 33.1 Å². The van der Waals surface area contributed by atoms with Gasteiger partial charge in [0.2, 0.25) is 0 Å². The summed E-state index contributed by atoms with van der Waals surface area (Å²) < 4.78 is 15.7. The Morgan fingerprint density at radius 1 is 1.33 bits per heavy atom. The van der Waals surface area contributed by atoms with Crippen LogP contribution in [0.5, 0.6) is 0 Å². The Morgan fingerprint density at radius 2 is 1.93 bits per heavy atom. The lowest BCUT2D eigenvalue weighted by molar-refractivity contribution is -0.144. The molecule has 15 heavy (non-hydrogen) atoms. The fourth-order valence-corrected chi connectivity index (χ4v) is 1.89. The maximum Gasteiger partial charge on any atom is 0.307 e. The minimum Gasteiger partial charge on any atom is -0.469 e. The van der Waals surface area contributed by atoms with Gasteiger partial charge in [-0.1, -0.05) is 0 Å². The van der Waals surface area contributed by atoms with Gasteiger partial charge in [-0.15, -0.1) is 0 Å². The second-order valence-corrected chi connectivity index (χ2v) is 4.05. The van der Waals surface area contributed by atoms with Crippen molar-refractivity contribution in [3.63, 3.8) is 0 Å². The molecule has 0 bridgehead atoms. The number of carbonyl (C=O) groups is 1. The molecule has 0 aromatic heterocycles. The van der Waals surface area contributed by atoms with Crippen molar-refractivity contribution in [1.82, 2.24) is 0 Å². The molecule has 1 rings (SSSR count). The van der Waals surface area contributed by atoms with Gasteiger partial charge in [-0.05, 0) is 26.7 Å². The van der Waals surface area contributed by atoms with E-state index in [0.717, 1.165) is 12.8 Å². The summed E-state index contributed by atoms with van der Waals surface area (Å²) in [5.74, 6) is -0.219. The molecular formula is C11H20O4. The molecule has 0 aliphatic carbocycles. The SMILES string of the molecule is COC(=O)CCOC1CC(C)OC(C)C1. The zero-order valence-corrected chi connectivity index (χ0v) is 9.69. The fourth-order valence-electron chi connectivity index (χ4n) is 1.89. The van der Waals surface area contributed by atoms with Crippen molar-refractivity contribution in [2.75, 3.05) is 13.7 Å². The van der Waals surface area contributed by atoms with E-state index in [9.17, 15) is 4.79 Å². The van der Waals surface area contributed by atoms with Crippen molar-refractivity contribution in [3.8, 4) is 0 Å². The molecule has 1 aliphatic rings. The van der Waals surface area contributed by atoms with Gasteiger partial charge in [0.15, 0.2) is 0 Å². The highest BCUT2D eigenvalue weighted by atomic mass is 16.5. The first kappa shape index (κ1) is 12.5. The van der Waals surface area contributed by atoms with Crippen molar-refractivity contribution in [2.24, 2.45) is 0 Å². The lowest BCUT2D eigenvalue weighted by Gasteiger charge is -2.31. The van der Waals surface area contributed by atoms with E-state index in [1.54, 1.807) is 0 Å². The average Bonchev–Trinajstić information content (AvgIpc) is 2.16. The van der Waals surface area contributed by atoms with Gasteiger partial charge in [0.05, 0.1) is 38.4 Å². The molecule has 2 atom stereocenters. The number of methoxy groups -OCH3 is 1. The summed E-state index contributed by atoms with van der Waals surface area (Å²) in [7, 11) is 1.39. The summed E-state index contributed by atoms with van der Waals surface area (Å²) in [5.41, 5.74) is 0. The van der Waals surface area contributed by atoms with Crippen molar-refractivity contribution < 1.29 is 19.0 Å². The monoisotopic (exact) mass is 216 g/mol. The minimum atomic E-state index is -0.219. The smallest absolute Gasteiger partial charge is 0.307 e. The zero-order valence-electron chi connectivity index (χ0n) is 9.69. The van der Waals surface area contributed by atoms with Gasteiger partial charge in [-0.2, -0.15) is 0 Å². The molecule has 0 N–H and O–H groups in total. The third-order valence-electron chi connectivity index (χ3n) is 2.54. The quantitative estimate of drug-likeness (QED) is 0.668. The second-order valence-electron chi connectivity index (χ2n) is 4.05. The van der Waals surface area contributed by atoms with Gasteiger partial charge in [0.25, 0.3) is 0 Å². The van der Waals surface area contributed by atoms with Gasteiger partial charge in [0, 0.05) is 0 Å². The number of ether oxygens (including phenoxy) is 3. The molecule has 0 saturated carbocycles. The fraction of sp³-hybridized carbons (Fsp3) is 0.909. The normalized spacial score (nSPS) is 31.3. The van der Waals surface area contributed by atoms with Crippen LogP contribution in [-0.2, 0) is 19.0 Å². The number of rotatable bonds is 4. The first-order chi connectivity index (χ1) is 7.11. The molecule has 2 unspecified atom stereocenters. The minimum absolute atomic E-state index is 0.216. The number of hydrogen-bond acceptors (Lipinski definition) is 4. The van der Waals surface area contributed by atoms with Crippen molar-refractivity contribution in [2.45, 2.75) is 51.4 Å². The Bertz CT molecular complexity index is 195. The van der Waals surface area contributed by atoms with E-state index in [2.05, 4.69) is 4.74 Å². The van der Waals surface area contributed by atoms with E-state index < -0.39 is 0 Å². The van der Waals surface area contributed by atoms with Crippen LogP contribution in [0.3, 0.4) is 0 Å². The first-order valence-electron chi connectivity index (χ1n) is 5.45. The van der Waals surface area contributed by atoms with E-state index in [1.807, 2.05) is 13.8 Å². The van der Waals surface area contributed by atoms with Crippen LogP contribution in [0.15, 0.2) is 0 Å². The summed E-state index contributed by atoms with van der Waals surface area (Å²) in [5, 5.41) is 0. The van der Waals surface area contributed by atoms with Crippen LogP contribution in [0.4, 0.5) is 0 Å². The molecule has 1 heterocycles. The Kier molecular flexibility index (Phi) is 5.05. The number of hydrogen-bond donors (Lipinski definition) is 0. The topological polar surface area (TPSA) is 44.8 Å². The maximum absolute atomic E-state index is 10.9. The summed E-state index contributed by atoms with van der Waals surface area (Å²) in [4.78, 5) is 10.9. The molecule has 0 spiro atoms. The zero-order chi connectivity index (χ0) is 11.3. The average molecular weight is 216 g/mol. The summed E-state index contributed by atoms with van der Waals surface area (Å²) >= 11 is 0. The van der Waals surface area contributed by atoms with E-state index >= 15 is 0 Å². The second kappa shape index (κ2) is 6.08. The molecule has 0 amide bonds. The summed E-state index contributed by atoms with van der Waals surface area (Å²) in [6.07, 6.45) is 2.86. The van der Waals surface area contributed by atoms with Gasteiger partial charge in [-0.25, -0.2) is 0 Å². The van der Waals surface area contributed by atoms with E-state index in [1.165, 1.54) is 7.11 Å². The molecule has 0 aromatic carbocycles. The molecular weight excluding hydrogens is 196 g/mol. The molecule has 4 nitrogen and oxygen atoms in total. The third kappa shape index (κ3) is 4.62. The Labute approximate surface area is 90.9 Å². The predicted octanol–water partition coefficient (Wildman–Crippen LogP) is 1.52. The lowest BCUT2D eigenvalue weighted by Crippen LogP contribution is -2.34. The van der Waals surface area contributed by atoms with Crippen LogP contribution in [0.2, 0.25) is 0 Å². The van der Waals surface area contributed by atoms with Crippen LogP contribution >= 0.6 is 0 Å². The van der Waals surface area contributed by atoms with Crippen molar-refractivity contribution in [3.05, 3.63) is 0 Å². The Balaban J connectivity index is 2.17. The highest BCUT2D eigenvalue weighted by Crippen LogP contribution is 2.21. The van der Waals surface area contributed by atoms with E-state index in [4.69, 9.17) is 9.47 Å². The lowest BCUT2D eigenvalue weighted by atomic mass is 10.0. The van der Waals surface area contributed by atoms with Gasteiger partial charge in [-0.3, -0.25) is 4.79 Å². The molecule has 88 valence electrons. The van der Waals surface area contributed by atoms with Gasteiger partial charge < -0.3 is 14.2 Å². The van der Waals surface area contributed by atoms with Gasteiger partial charge in [0.1, 0.15) is 0 Å². The molecule has 1 fully saturated rings. The molecule has 0 radical (unpaired) electrons. The third-order valence-corrected chi connectivity index (χ3v) is 2.54. The van der Waals surface area contributed by atoms with Crippen LogP contribution in [-0.4, -0.2) is 38.0 Å². The first-order valence-corrected chi connectivity index (χ1v) is 5.45. The van der Waals surface area contributed by atoms with Crippen molar-refractivity contribution >= 4 is 5.97 Å². The Hall–Kier alpha value is -0.610. The number of esters is 1. The van der Waals surface area contributed by atoms with Gasteiger partial charge >= 0.3 is 5.97 Å².